The molecular weight excluding hydrogens is 300 g/mol. The zero-order chi connectivity index (χ0) is 16.6. The second kappa shape index (κ2) is 7.04. The van der Waals surface area contributed by atoms with Gasteiger partial charge in [0.2, 0.25) is 0 Å². The fraction of sp³-hybridized carbons (Fsp3) is 1.00. The number of hydrogen-bond acceptors (Lipinski definition) is 9. The molecular formula is C13H24O9. The van der Waals surface area contributed by atoms with Crippen molar-refractivity contribution in [3.05, 3.63) is 0 Å². The number of aliphatic hydroxyl groups excluding tert-OH is 6. The van der Waals surface area contributed by atoms with Crippen molar-refractivity contribution in [1.82, 2.24) is 0 Å². The molecule has 0 aromatic rings. The van der Waals surface area contributed by atoms with Gasteiger partial charge in [-0.2, -0.15) is 0 Å². The molecule has 2 fully saturated rings. The highest BCUT2D eigenvalue weighted by Crippen LogP contribution is 2.28. The van der Waals surface area contributed by atoms with Gasteiger partial charge in [-0.3, -0.25) is 0 Å². The number of hydrogen-bond donors (Lipinski definition) is 6. The Morgan fingerprint density at radius 3 is 1.95 bits per heavy atom. The van der Waals surface area contributed by atoms with Crippen molar-refractivity contribution < 1.29 is 44.8 Å². The first-order chi connectivity index (χ1) is 10.3. The van der Waals surface area contributed by atoms with Crippen LogP contribution in [0.4, 0.5) is 0 Å². The van der Waals surface area contributed by atoms with Gasteiger partial charge in [-0.1, -0.05) is 0 Å². The van der Waals surface area contributed by atoms with Crippen molar-refractivity contribution in [2.45, 2.75) is 75.1 Å². The highest BCUT2D eigenvalue weighted by Gasteiger charge is 2.48. The summed E-state index contributed by atoms with van der Waals surface area (Å²) in [5, 5.41) is 58.7. The first kappa shape index (κ1) is 18.0. The van der Waals surface area contributed by atoms with Crippen molar-refractivity contribution in [3.8, 4) is 0 Å². The summed E-state index contributed by atoms with van der Waals surface area (Å²) in [4.78, 5) is 0. The van der Waals surface area contributed by atoms with Gasteiger partial charge in [0, 0.05) is 0 Å². The van der Waals surface area contributed by atoms with Crippen molar-refractivity contribution in [2.24, 2.45) is 0 Å². The van der Waals surface area contributed by atoms with Gasteiger partial charge < -0.3 is 44.8 Å². The van der Waals surface area contributed by atoms with Gasteiger partial charge in [-0.25, -0.2) is 0 Å². The number of rotatable bonds is 3. The molecule has 130 valence electrons. The maximum Gasteiger partial charge on any atom is 0.187 e. The molecule has 0 bridgehead atoms. The van der Waals surface area contributed by atoms with E-state index in [0.29, 0.717) is 0 Å². The average Bonchev–Trinajstić information content (AvgIpc) is 2.50. The van der Waals surface area contributed by atoms with E-state index in [1.165, 1.54) is 6.92 Å². The van der Waals surface area contributed by atoms with Gasteiger partial charge in [-0.05, 0) is 13.8 Å². The molecule has 2 aliphatic heterocycles. The Morgan fingerprint density at radius 1 is 0.773 bits per heavy atom. The molecule has 9 nitrogen and oxygen atoms in total. The van der Waals surface area contributed by atoms with Crippen LogP contribution in [0.15, 0.2) is 0 Å². The third-order valence-corrected chi connectivity index (χ3v) is 4.20. The SMILES string of the molecule is CC1O[C@@H](O[C@@H]2C(O)[C@H](C)OC(CO)[C@H]2O)C(O)[C@@H](O)[C@H]1O. The Labute approximate surface area is 127 Å². The minimum absolute atomic E-state index is 0.468. The topological polar surface area (TPSA) is 149 Å². The Morgan fingerprint density at radius 2 is 1.36 bits per heavy atom. The second-order valence-corrected chi connectivity index (χ2v) is 5.83. The summed E-state index contributed by atoms with van der Waals surface area (Å²) < 4.78 is 15.9. The molecule has 0 amide bonds. The molecule has 9 heteroatoms. The lowest BCUT2D eigenvalue weighted by Gasteiger charge is -2.45. The summed E-state index contributed by atoms with van der Waals surface area (Å²) in [5.74, 6) is 0. The minimum Gasteiger partial charge on any atom is -0.394 e. The van der Waals surface area contributed by atoms with Gasteiger partial charge in [0.1, 0.15) is 42.7 Å². The lowest BCUT2D eigenvalue weighted by molar-refractivity contribution is -0.336. The molecule has 2 heterocycles. The van der Waals surface area contributed by atoms with Crippen LogP contribution in [0.2, 0.25) is 0 Å². The smallest absolute Gasteiger partial charge is 0.187 e. The lowest BCUT2D eigenvalue weighted by atomic mass is 9.95. The molecule has 2 aliphatic rings. The standard InChI is InChI=1S/C13H24O9/c1-4-7(15)10(18)11(19)13(21-4)22-12-8(16)5(2)20-6(3-14)9(12)17/h4-19H,3H2,1-2H3/t4?,5-,6?,7-,8?,9+,10-,11?,12+,13-/m0/s1. The fourth-order valence-electron chi connectivity index (χ4n) is 2.71. The lowest BCUT2D eigenvalue weighted by Crippen LogP contribution is -2.63. The molecule has 0 saturated carbocycles. The summed E-state index contributed by atoms with van der Waals surface area (Å²) in [6, 6.07) is 0. The van der Waals surface area contributed by atoms with E-state index in [1.807, 2.05) is 0 Å². The predicted octanol–water partition coefficient (Wildman–Crippen LogP) is -3.30. The van der Waals surface area contributed by atoms with Crippen LogP contribution in [0.1, 0.15) is 13.8 Å². The van der Waals surface area contributed by atoms with E-state index in [0.717, 1.165) is 0 Å². The minimum atomic E-state index is -1.55. The van der Waals surface area contributed by atoms with Crippen LogP contribution in [0.25, 0.3) is 0 Å². The summed E-state index contributed by atoms with van der Waals surface area (Å²) in [6.07, 6.45) is -11.8. The molecule has 4 unspecified atom stereocenters. The molecule has 22 heavy (non-hydrogen) atoms. The molecule has 0 radical (unpaired) electrons. The van der Waals surface area contributed by atoms with E-state index >= 15 is 0 Å². The number of aliphatic hydroxyl groups is 6. The molecule has 6 N–H and O–H groups in total. The van der Waals surface area contributed by atoms with Crippen LogP contribution < -0.4 is 0 Å². The van der Waals surface area contributed by atoms with E-state index in [9.17, 15) is 30.6 Å². The maximum atomic E-state index is 10.1. The third-order valence-electron chi connectivity index (χ3n) is 4.20. The van der Waals surface area contributed by atoms with Crippen LogP contribution in [-0.2, 0) is 14.2 Å². The molecule has 10 atom stereocenters. The molecule has 0 aromatic heterocycles. The first-order valence-corrected chi connectivity index (χ1v) is 7.25. The monoisotopic (exact) mass is 324 g/mol. The van der Waals surface area contributed by atoms with Crippen LogP contribution in [-0.4, -0.2) is 98.5 Å². The van der Waals surface area contributed by atoms with Crippen LogP contribution in [0.5, 0.6) is 0 Å². The van der Waals surface area contributed by atoms with Crippen LogP contribution in [0.3, 0.4) is 0 Å². The van der Waals surface area contributed by atoms with Gasteiger partial charge in [-0.15, -0.1) is 0 Å². The molecule has 0 aromatic carbocycles. The average molecular weight is 324 g/mol. The summed E-state index contributed by atoms with van der Waals surface area (Å²) in [6.45, 7) is 2.57. The molecule has 0 spiro atoms. The third kappa shape index (κ3) is 3.28. The van der Waals surface area contributed by atoms with E-state index in [1.54, 1.807) is 6.92 Å². The van der Waals surface area contributed by atoms with E-state index < -0.39 is 67.8 Å². The van der Waals surface area contributed by atoms with Gasteiger partial charge >= 0.3 is 0 Å². The van der Waals surface area contributed by atoms with Crippen molar-refractivity contribution >= 4 is 0 Å². The van der Waals surface area contributed by atoms with Crippen molar-refractivity contribution in [3.63, 3.8) is 0 Å². The summed E-state index contributed by atoms with van der Waals surface area (Å²) in [5.41, 5.74) is 0. The predicted molar refractivity (Wildman–Crippen MR) is 70.7 cm³/mol. The van der Waals surface area contributed by atoms with E-state index in [2.05, 4.69) is 0 Å². The zero-order valence-electron chi connectivity index (χ0n) is 12.4. The Bertz CT molecular complexity index is 367. The largest absolute Gasteiger partial charge is 0.394 e. The molecule has 2 saturated heterocycles. The quantitative estimate of drug-likeness (QED) is 0.314. The van der Waals surface area contributed by atoms with Gasteiger partial charge in [0.15, 0.2) is 6.29 Å². The van der Waals surface area contributed by atoms with Gasteiger partial charge in [0.05, 0.1) is 18.8 Å². The number of ether oxygens (including phenoxy) is 3. The van der Waals surface area contributed by atoms with Crippen LogP contribution in [0, 0.1) is 0 Å². The molecule has 0 aliphatic carbocycles. The van der Waals surface area contributed by atoms with Crippen molar-refractivity contribution in [1.29, 1.82) is 0 Å². The van der Waals surface area contributed by atoms with E-state index in [4.69, 9.17) is 14.2 Å². The zero-order valence-corrected chi connectivity index (χ0v) is 12.4. The van der Waals surface area contributed by atoms with Crippen molar-refractivity contribution in [2.75, 3.05) is 6.61 Å². The fourth-order valence-corrected chi connectivity index (χ4v) is 2.71. The Kier molecular flexibility index (Phi) is 5.75. The summed E-state index contributed by atoms with van der Waals surface area (Å²) >= 11 is 0. The highest BCUT2D eigenvalue weighted by atomic mass is 16.7. The molecule has 2 rings (SSSR count). The Balaban J connectivity index is 2.10. The highest BCUT2D eigenvalue weighted by molar-refractivity contribution is 4.94. The first-order valence-electron chi connectivity index (χ1n) is 7.25. The summed E-state index contributed by atoms with van der Waals surface area (Å²) in [7, 11) is 0. The maximum absolute atomic E-state index is 10.1. The van der Waals surface area contributed by atoms with Gasteiger partial charge in [0.25, 0.3) is 0 Å². The Hall–Kier alpha value is -0.360. The second-order valence-electron chi connectivity index (χ2n) is 5.83. The normalized spacial score (nSPS) is 53.5. The van der Waals surface area contributed by atoms with E-state index in [-0.39, 0.29) is 0 Å². The van der Waals surface area contributed by atoms with Crippen LogP contribution >= 0.6 is 0 Å².